The lowest BCUT2D eigenvalue weighted by Gasteiger charge is -2.07. The summed E-state index contributed by atoms with van der Waals surface area (Å²) in [5, 5.41) is 17.8. The van der Waals surface area contributed by atoms with Crippen molar-refractivity contribution in [2.24, 2.45) is 0 Å². The molecule has 0 unspecified atom stereocenters. The molecule has 9 N–H and O–H groups in total. The molecule has 1 aliphatic heterocycles. The fourth-order valence-electron chi connectivity index (χ4n) is 4.23. The van der Waals surface area contributed by atoms with Crippen molar-refractivity contribution in [1.29, 1.82) is 0 Å². The number of nitro groups is 1. The van der Waals surface area contributed by atoms with E-state index in [9.17, 15) is 59.2 Å². The lowest BCUT2D eigenvalue weighted by molar-refractivity contribution is -0.384. The van der Waals surface area contributed by atoms with Crippen LogP contribution in [0.15, 0.2) is 96.8 Å². The van der Waals surface area contributed by atoms with Crippen LogP contribution in [0.4, 0.5) is 67.1 Å². The summed E-state index contributed by atoms with van der Waals surface area (Å²) in [5.41, 5.74) is 12.0. The number of carbonyl (C=O) groups excluding carboxylic acids is 1. The predicted molar refractivity (Wildman–Crippen MR) is 200 cm³/mol. The summed E-state index contributed by atoms with van der Waals surface area (Å²) in [7, 11) is 0. The van der Waals surface area contributed by atoms with Gasteiger partial charge in [0.05, 0.1) is 44.0 Å². The predicted octanol–water partition coefficient (Wildman–Crippen LogP) is 7.33. The number of aliphatic hydroxyl groups excluding tert-OH is 1. The number of anilines is 3. The molecule has 1 saturated heterocycles. The first-order chi connectivity index (χ1) is 28.0. The number of H-pyrrole nitrogens is 2. The van der Waals surface area contributed by atoms with Crippen LogP contribution in [0.5, 0.6) is 0 Å². The molecule has 3 aromatic heterocycles. The minimum absolute atomic E-state index is 0.0511. The van der Waals surface area contributed by atoms with Crippen LogP contribution in [0.1, 0.15) is 36.5 Å². The number of nitrogens with two attached hydrogens (primary N) is 3. The number of hydrogen-bond donors (Lipinski definition) is 6. The Morgan fingerprint density at radius 3 is 1.58 bits per heavy atom. The summed E-state index contributed by atoms with van der Waals surface area (Å²) in [4.78, 5) is 43.6. The molecule has 0 amide bonds. The second kappa shape index (κ2) is 22.3. The Morgan fingerprint density at radius 1 is 0.750 bits per heavy atom. The van der Waals surface area contributed by atoms with Crippen molar-refractivity contribution in [3.05, 3.63) is 129 Å². The van der Waals surface area contributed by atoms with E-state index in [4.69, 9.17) is 27.0 Å². The molecule has 0 bridgehead atoms. The van der Waals surface area contributed by atoms with Gasteiger partial charge in [-0.15, -0.1) is 0 Å². The van der Waals surface area contributed by atoms with E-state index in [0.29, 0.717) is 17.6 Å². The third-order valence-corrected chi connectivity index (χ3v) is 7.09. The maximum absolute atomic E-state index is 12.2. The second-order valence-corrected chi connectivity index (χ2v) is 11.6. The number of rotatable bonds is 1. The van der Waals surface area contributed by atoms with E-state index < -0.39 is 51.5 Å². The Kier molecular flexibility index (Phi) is 18.3. The third-order valence-electron chi connectivity index (χ3n) is 7.09. The number of ether oxygens (including phenoxy) is 1. The van der Waals surface area contributed by atoms with E-state index in [1.54, 1.807) is 31.7 Å². The number of halogens is 9. The van der Waals surface area contributed by atoms with Gasteiger partial charge in [0.2, 0.25) is 0 Å². The van der Waals surface area contributed by atoms with Crippen LogP contribution in [0.3, 0.4) is 0 Å². The van der Waals surface area contributed by atoms with Gasteiger partial charge in [0.1, 0.15) is 18.3 Å². The van der Waals surface area contributed by atoms with E-state index in [1.807, 2.05) is 0 Å². The van der Waals surface area contributed by atoms with Gasteiger partial charge in [0.25, 0.3) is 5.69 Å². The van der Waals surface area contributed by atoms with Gasteiger partial charge in [-0.1, -0.05) is 0 Å². The van der Waals surface area contributed by atoms with Crippen LogP contribution in [0.25, 0.3) is 11.0 Å². The highest BCUT2D eigenvalue weighted by Gasteiger charge is 2.33. The molecule has 1 fully saturated rings. The van der Waals surface area contributed by atoms with Gasteiger partial charge < -0.3 is 37.0 Å². The van der Waals surface area contributed by atoms with Crippen LogP contribution >= 0.6 is 0 Å². The summed E-state index contributed by atoms with van der Waals surface area (Å²) in [6, 6.07) is 7.66. The molecule has 0 radical (unpaired) electrons. The lowest BCUT2D eigenvalue weighted by Crippen LogP contribution is -2.15. The summed E-state index contributed by atoms with van der Waals surface area (Å²) < 4.78 is 117. The number of hydrogen-bond acceptors (Lipinski definition) is 11. The Hall–Kier alpha value is -6.89. The molecule has 0 saturated carbocycles. The van der Waals surface area contributed by atoms with Crippen LogP contribution in [-0.2, 0) is 23.3 Å². The highest BCUT2D eigenvalue weighted by Crippen LogP contribution is 2.34. The highest BCUT2D eigenvalue weighted by molar-refractivity contribution is 5.78. The summed E-state index contributed by atoms with van der Waals surface area (Å²) >= 11 is 0. The summed E-state index contributed by atoms with van der Waals surface area (Å²) in [6.45, 7) is 3.93. The van der Waals surface area contributed by atoms with Crippen LogP contribution in [0.2, 0.25) is 0 Å². The molecule has 16 nitrogen and oxygen atoms in total. The van der Waals surface area contributed by atoms with E-state index in [0.717, 1.165) is 49.6 Å². The fraction of sp³-hybridized carbons (Fsp3) is 0.257. The number of carbonyl (C=O) groups is 1. The molecule has 25 heteroatoms. The van der Waals surface area contributed by atoms with Gasteiger partial charge in [0, 0.05) is 50.7 Å². The first kappa shape index (κ1) is 49.3. The zero-order valence-corrected chi connectivity index (χ0v) is 31.1. The monoisotopic (exact) mass is 864 g/mol. The number of benzene rings is 3. The van der Waals surface area contributed by atoms with Crippen molar-refractivity contribution in [2.75, 3.05) is 37.0 Å². The smallest absolute Gasteiger partial charge is 0.397 e. The number of aromatic nitrogens is 6. The Labute approximate surface area is 332 Å². The number of aromatic amines is 2. The summed E-state index contributed by atoms with van der Waals surface area (Å²) in [6.07, 6.45) is -1.62. The average molecular weight is 865 g/mol. The topological polar surface area (TPSA) is 252 Å². The number of aliphatic hydroxyl groups is 1. The van der Waals surface area contributed by atoms with Gasteiger partial charge >= 0.3 is 30.2 Å². The third kappa shape index (κ3) is 16.2. The molecule has 4 heterocycles. The summed E-state index contributed by atoms with van der Waals surface area (Å²) in [5.74, 6) is 0. The lowest BCUT2D eigenvalue weighted by atomic mass is 10.1. The van der Waals surface area contributed by atoms with Crippen molar-refractivity contribution in [3.8, 4) is 0 Å². The number of nitro benzene ring substituents is 1. The fourth-order valence-corrected chi connectivity index (χ4v) is 4.23. The van der Waals surface area contributed by atoms with Gasteiger partial charge in [-0.2, -0.15) is 39.5 Å². The SMILES string of the molecule is C1CCOC1.CCO.Nc1ccc(C(F)(F)F)cc1N.Nc1ccc(C(F)(F)F)cc1[N+](=O)[O-].O=C(n1ccnc1)n1ccnc1.O=c1[nH]c2ccc(C(F)(F)F)cc2[nH]1. The maximum Gasteiger partial charge on any atom is 0.416 e. The normalized spacial score (nSPS) is 12.1. The van der Waals surface area contributed by atoms with E-state index in [1.165, 1.54) is 40.7 Å². The van der Waals surface area contributed by atoms with E-state index in [-0.39, 0.29) is 35.2 Å². The zero-order valence-electron chi connectivity index (χ0n) is 31.1. The number of nitrogen functional groups attached to an aromatic ring is 3. The first-order valence-corrected chi connectivity index (χ1v) is 16.8. The molecule has 0 atom stereocenters. The molecule has 0 aliphatic carbocycles. The van der Waals surface area contributed by atoms with Crippen molar-refractivity contribution >= 4 is 39.8 Å². The van der Waals surface area contributed by atoms with Gasteiger partial charge in [-0.05, 0) is 68.3 Å². The molecule has 6 aromatic rings. The number of nitrogens with zero attached hydrogens (tertiary/aromatic N) is 5. The number of nitrogens with one attached hydrogen (secondary N) is 2. The quantitative estimate of drug-likeness (QED) is 0.0413. The van der Waals surface area contributed by atoms with Crippen molar-refractivity contribution in [3.63, 3.8) is 0 Å². The van der Waals surface area contributed by atoms with Gasteiger partial charge in [-0.25, -0.2) is 19.6 Å². The average Bonchev–Trinajstić information content (AvgIpc) is 4.01. The first-order valence-electron chi connectivity index (χ1n) is 16.8. The maximum atomic E-state index is 12.2. The van der Waals surface area contributed by atoms with Crippen molar-refractivity contribution in [2.45, 2.75) is 38.3 Å². The Morgan fingerprint density at radius 2 is 1.18 bits per heavy atom. The van der Waals surface area contributed by atoms with Crippen LogP contribution in [0, 0.1) is 10.1 Å². The van der Waals surface area contributed by atoms with Crippen LogP contribution in [-0.4, -0.2) is 65.0 Å². The van der Waals surface area contributed by atoms with Crippen LogP contribution < -0.4 is 22.9 Å². The number of imidazole rings is 3. The second-order valence-electron chi connectivity index (χ2n) is 11.6. The molecule has 326 valence electrons. The van der Waals surface area contributed by atoms with Gasteiger partial charge in [0.15, 0.2) is 0 Å². The van der Waals surface area contributed by atoms with Gasteiger partial charge in [-0.3, -0.25) is 19.2 Å². The molecule has 60 heavy (non-hydrogen) atoms. The zero-order chi connectivity index (χ0) is 45.3. The molecular weight excluding hydrogens is 827 g/mol. The van der Waals surface area contributed by atoms with E-state index >= 15 is 0 Å². The highest BCUT2D eigenvalue weighted by atomic mass is 19.4. The Balaban J connectivity index is 0.000000260. The standard InChI is InChI=1S/C8H5F3N2O.C7H5F3N2O2.C7H7F3N2.C7H6N4O.C4H8O.C2H6O/c9-8(10,11)4-1-2-5-6(3-4)13-7(14)12-5;8-7(9,10)4-1-2-5(11)6(3-4)12(13)14;8-7(9,10)4-1-2-5(11)6(12)3-4;12-7(10-3-1-8-5-10)11-4-2-9-6-11;1-2-4-5-3-1;1-2-3/h1-3H,(H2,12,13,14);1-3H,11H2;1-3H,11-12H2;1-6H;1-4H2;3H,2H2,1H3. The molecule has 1 aliphatic rings. The minimum Gasteiger partial charge on any atom is -0.397 e. The van der Waals surface area contributed by atoms with E-state index in [2.05, 4.69) is 19.9 Å². The Bertz CT molecular complexity index is 2240. The van der Waals surface area contributed by atoms with Crippen molar-refractivity contribution in [1.82, 2.24) is 29.1 Å². The largest absolute Gasteiger partial charge is 0.416 e. The molecule has 0 spiro atoms. The van der Waals surface area contributed by atoms with Crippen molar-refractivity contribution < 1.29 is 59.1 Å². The molecule has 7 rings (SSSR count). The molecular formula is C35H37F9N10O6. The minimum atomic E-state index is -4.60. The molecule has 3 aromatic carbocycles. The number of fused-ring (bicyclic) bond motifs is 1. The number of alkyl halides is 9.